The molecule has 2 saturated carbocycles. The van der Waals surface area contributed by atoms with Gasteiger partial charge in [-0.2, -0.15) is 0 Å². The van der Waals surface area contributed by atoms with E-state index in [1.165, 1.54) is 16.5 Å². The van der Waals surface area contributed by atoms with Gasteiger partial charge in [-0.1, -0.05) is 45.3 Å². The number of aromatic nitrogens is 1. The van der Waals surface area contributed by atoms with Gasteiger partial charge in [0.05, 0.1) is 28.5 Å². The minimum Gasteiger partial charge on any atom is -0.398 e. The summed E-state index contributed by atoms with van der Waals surface area (Å²) >= 11 is 1.63. The summed E-state index contributed by atoms with van der Waals surface area (Å²) in [5.41, 5.74) is 11.9. The molecule has 2 fully saturated rings. The molecule has 1 aromatic heterocycles. The lowest BCUT2D eigenvalue weighted by Gasteiger charge is -2.46. The van der Waals surface area contributed by atoms with E-state index in [2.05, 4.69) is 27.9 Å². The van der Waals surface area contributed by atoms with Gasteiger partial charge in [-0.05, 0) is 65.5 Å². The highest BCUT2D eigenvalue weighted by Crippen LogP contribution is 2.64. The van der Waals surface area contributed by atoms with E-state index in [0.717, 1.165) is 28.8 Å². The highest BCUT2D eigenvalue weighted by atomic mass is 32.1. The molecule has 3 aromatic rings. The second-order valence-electron chi connectivity index (χ2n) is 8.40. The van der Waals surface area contributed by atoms with Gasteiger partial charge in [-0.25, -0.2) is 0 Å². The number of aliphatic hydroxyl groups excluding tert-OH is 2. The number of rotatable bonds is 2. The van der Waals surface area contributed by atoms with Gasteiger partial charge in [0.15, 0.2) is 0 Å². The van der Waals surface area contributed by atoms with Crippen molar-refractivity contribution in [1.82, 2.24) is 4.37 Å². The SMILES string of the molecule is CC.CC.N=Cc1c(N)ccc2c1C1C3CC(C(O)[C@@H]3O)C1[C@H](c1ccc3[nH]sc3c1)N2. The maximum Gasteiger partial charge on any atom is 0.0836 e. The molecule has 7 N–H and O–H groups in total. The summed E-state index contributed by atoms with van der Waals surface area (Å²) in [7, 11) is 0. The number of aromatic amines is 1. The topological polar surface area (TPSA) is 118 Å². The molecule has 172 valence electrons. The first-order valence-corrected chi connectivity index (χ1v) is 12.5. The summed E-state index contributed by atoms with van der Waals surface area (Å²) in [6.07, 6.45) is 0.733. The van der Waals surface area contributed by atoms with Gasteiger partial charge in [0.2, 0.25) is 0 Å². The standard InChI is InChI=1S/C21H22N4O2S.2C2H6/c22-7-11-12(23)2-4-14-16(11)17-9-6-10(21(27)20(9)26)18(17)19(24-14)8-1-3-13-15(5-8)28-25-13;2*1-2/h1-5,7,9-10,17-22,24-27H,6,23H2;2*1-2H3/t9?,10?,17?,18?,19-,20+,21?;;/m0../s1. The second kappa shape index (κ2) is 8.89. The predicted molar refractivity (Wildman–Crippen MR) is 134 cm³/mol. The lowest BCUT2D eigenvalue weighted by molar-refractivity contribution is -0.0467. The number of nitrogens with one attached hydrogen (secondary N) is 3. The van der Waals surface area contributed by atoms with E-state index in [1.54, 1.807) is 11.5 Å². The van der Waals surface area contributed by atoms with E-state index >= 15 is 0 Å². The Hall–Kier alpha value is -2.35. The molecule has 6 rings (SSSR count). The quantitative estimate of drug-likeness (QED) is 0.238. The third-order valence-electron chi connectivity index (χ3n) is 7.27. The van der Waals surface area contributed by atoms with Crippen molar-refractivity contribution >= 4 is 39.3 Å². The Bertz CT molecular complexity index is 1110. The summed E-state index contributed by atoms with van der Waals surface area (Å²) in [5.74, 6) is 0.276. The van der Waals surface area contributed by atoms with Crippen LogP contribution in [0.4, 0.5) is 11.4 Å². The molecular weight excluding hydrogens is 420 g/mol. The van der Waals surface area contributed by atoms with Crippen LogP contribution in [0.25, 0.3) is 10.2 Å². The van der Waals surface area contributed by atoms with Gasteiger partial charge in [0, 0.05) is 23.2 Å². The molecule has 0 spiro atoms. The fraction of sp³-hybridized carbons (Fsp3) is 0.480. The van der Waals surface area contributed by atoms with Crippen molar-refractivity contribution in [3.63, 3.8) is 0 Å². The number of hydrogen-bond donors (Lipinski definition) is 6. The van der Waals surface area contributed by atoms with Crippen molar-refractivity contribution in [2.45, 2.75) is 58.3 Å². The van der Waals surface area contributed by atoms with Crippen molar-refractivity contribution in [3.8, 4) is 0 Å². The van der Waals surface area contributed by atoms with E-state index < -0.39 is 12.2 Å². The first kappa shape index (κ1) is 22.8. The molecule has 0 radical (unpaired) electrons. The van der Waals surface area contributed by atoms with Crippen molar-refractivity contribution < 1.29 is 10.2 Å². The van der Waals surface area contributed by atoms with Crippen molar-refractivity contribution in [2.75, 3.05) is 11.1 Å². The zero-order valence-corrected chi connectivity index (χ0v) is 19.9. The van der Waals surface area contributed by atoms with Gasteiger partial charge in [0.25, 0.3) is 0 Å². The minimum absolute atomic E-state index is 0.00320. The summed E-state index contributed by atoms with van der Waals surface area (Å²) in [6.45, 7) is 8.00. The zero-order valence-electron chi connectivity index (χ0n) is 19.1. The van der Waals surface area contributed by atoms with E-state index in [-0.39, 0.29) is 29.7 Å². The Morgan fingerprint density at radius 3 is 2.41 bits per heavy atom. The lowest BCUT2D eigenvalue weighted by atomic mass is 9.65. The molecule has 2 bridgehead atoms. The molecule has 2 aromatic carbocycles. The summed E-state index contributed by atoms with van der Waals surface area (Å²) in [6, 6.07) is 10.4. The molecule has 1 aliphatic heterocycles. The number of benzene rings is 2. The van der Waals surface area contributed by atoms with E-state index in [0.29, 0.717) is 5.69 Å². The van der Waals surface area contributed by atoms with Crippen molar-refractivity contribution in [3.05, 3.63) is 47.0 Å². The maximum atomic E-state index is 10.7. The summed E-state index contributed by atoms with van der Waals surface area (Å²) in [4.78, 5) is 0. The fourth-order valence-corrected chi connectivity index (χ4v) is 6.76. The van der Waals surface area contributed by atoms with Crippen LogP contribution in [0.2, 0.25) is 0 Å². The van der Waals surface area contributed by atoms with Crippen LogP contribution in [0.1, 0.15) is 62.8 Å². The number of aliphatic hydroxyl groups is 2. The molecule has 32 heavy (non-hydrogen) atoms. The molecular formula is C25H34N4O2S. The van der Waals surface area contributed by atoms with Gasteiger partial charge >= 0.3 is 0 Å². The van der Waals surface area contributed by atoms with E-state index in [1.807, 2.05) is 39.8 Å². The lowest BCUT2D eigenvalue weighted by Crippen LogP contribution is -2.46. The van der Waals surface area contributed by atoms with Crippen LogP contribution >= 0.6 is 11.5 Å². The van der Waals surface area contributed by atoms with Crippen LogP contribution in [0.15, 0.2) is 30.3 Å². The fourth-order valence-electron chi connectivity index (χ4n) is 6.09. The maximum absolute atomic E-state index is 10.7. The molecule has 3 aliphatic rings. The zero-order chi connectivity index (χ0) is 23.2. The highest BCUT2D eigenvalue weighted by molar-refractivity contribution is 7.15. The molecule has 0 amide bonds. The Balaban J connectivity index is 0.000000582. The van der Waals surface area contributed by atoms with Crippen LogP contribution < -0.4 is 11.1 Å². The molecule has 7 heteroatoms. The van der Waals surface area contributed by atoms with E-state index in [9.17, 15) is 10.2 Å². The van der Waals surface area contributed by atoms with Crippen LogP contribution in [-0.2, 0) is 0 Å². The first-order valence-electron chi connectivity index (χ1n) is 11.7. The molecule has 7 atom stereocenters. The molecule has 2 heterocycles. The molecule has 0 saturated heterocycles. The average molecular weight is 455 g/mol. The number of fused-ring (bicyclic) bond motifs is 8. The van der Waals surface area contributed by atoms with Gasteiger partial charge in [0.1, 0.15) is 0 Å². The van der Waals surface area contributed by atoms with Crippen LogP contribution in [0, 0.1) is 23.2 Å². The normalized spacial score (nSPS) is 31.5. The Labute approximate surface area is 193 Å². The monoisotopic (exact) mass is 454 g/mol. The smallest absolute Gasteiger partial charge is 0.0836 e. The molecule has 2 aliphatic carbocycles. The van der Waals surface area contributed by atoms with Gasteiger partial charge < -0.3 is 31.0 Å². The number of anilines is 2. The number of hydrogen-bond acceptors (Lipinski definition) is 6. The highest BCUT2D eigenvalue weighted by Gasteiger charge is 2.61. The third-order valence-corrected chi connectivity index (χ3v) is 8.15. The Kier molecular flexibility index (Phi) is 6.34. The van der Waals surface area contributed by atoms with Crippen LogP contribution in [-0.4, -0.2) is 33.0 Å². The largest absolute Gasteiger partial charge is 0.398 e. The Morgan fingerprint density at radius 2 is 1.78 bits per heavy atom. The Morgan fingerprint density at radius 1 is 1.06 bits per heavy atom. The van der Waals surface area contributed by atoms with E-state index in [4.69, 9.17) is 11.1 Å². The number of nitrogens with two attached hydrogens (primary N) is 1. The average Bonchev–Trinajstić information content (AvgIpc) is 3.34. The summed E-state index contributed by atoms with van der Waals surface area (Å²) in [5, 5.41) is 32.9. The molecule has 5 unspecified atom stereocenters. The molecule has 6 nitrogen and oxygen atoms in total. The van der Waals surface area contributed by atoms with Crippen LogP contribution in [0.5, 0.6) is 0 Å². The van der Waals surface area contributed by atoms with Crippen LogP contribution in [0.3, 0.4) is 0 Å². The minimum atomic E-state index is -0.713. The van der Waals surface area contributed by atoms with Gasteiger partial charge in [-0.15, -0.1) is 0 Å². The first-order chi connectivity index (χ1) is 15.6. The van der Waals surface area contributed by atoms with Crippen molar-refractivity contribution in [1.29, 1.82) is 5.41 Å². The number of nitrogen functional groups attached to an aromatic ring is 1. The van der Waals surface area contributed by atoms with Gasteiger partial charge in [-0.3, -0.25) is 0 Å². The predicted octanol–water partition coefficient (Wildman–Crippen LogP) is 5.10. The number of H-pyrrole nitrogens is 1. The third kappa shape index (κ3) is 3.17. The summed E-state index contributed by atoms with van der Waals surface area (Å²) < 4.78 is 4.47. The second-order valence-corrected chi connectivity index (χ2v) is 9.25. The van der Waals surface area contributed by atoms with Crippen molar-refractivity contribution in [2.24, 2.45) is 17.8 Å².